The number of rotatable bonds is 4. The van der Waals surface area contributed by atoms with Gasteiger partial charge in [0.15, 0.2) is 5.17 Å². The van der Waals surface area contributed by atoms with Crippen LogP contribution < -0.4 is 11.1 Å². The molecule has 0 bridgehead atoms. The molecule has 6 nitrogen and oxygen atoms in total. The first kappa shape index (κ1) is 17.1. The number of halogens is 1. The molecule has 26 heavy (non-hydrogen) atoms. The molecule has 1 atom stereocenters. The van der Waals surface area contributed by atoms with Crippen molar-refractivity contribution in [2.75, 3.05) is 11.1 Å². The van der Waals surface area contributed by atoms with Gasteiger partial charge in [-0.1, -0.05) is 11.8 Å². The van der Waals surface area contributed by atoms with E-state index >= 15 is 0 Å². The number of anilines is 1. The highest BCUT2D eigenvalue weighted by molar-refractivity contribution is 8.13. The van der Waals surface area contributed by atoms with E-state index in [1.165, 1.54) is 24.0 Å². The summed E-state index contributed by atoms with van der Waals surface area (Å²) in [4.78, 5) is 17.1. The Morgan fingerprint density at radius 3 is 3.00 bits per heavy atom. The number of amides is 1. The van der Waals surface area contributed by atoms with Crippen LogP contribution in [-0.4, -0.2) is 27.0 Å². The molecule has 2 aromatic rings. The number of hydrogen-bond donors (Lipinski definition) is 3. The summed E-state index contributed by atoms with van der Waals surface area (Å²) in [6.07, 6.45) is 4.36. The highest BCUT2D eigenvalue weighted by Crippen LogP contribution is 2.41. The van der Waals surface area contributed by atoms with E-state index in [9.17, 15) is 9.18 Å². The van der Waals surface area contributed by atoms with Crippen molar-refractivity contribution in [1.82, 2.24) is 10.2 Å². The minimum atomic E-state index is -0.727. The minimum Gasteiger partial charge on any atom is -0.379 e. The molecule has 8 heteroatoms. The summed E-state index contributed by atoms with van der Waals surface area (Å²) in [5, 5.41) is 10.2. The molecular formula is C18H20FN5OS. The molecule has 2 aliphatic rings. The summed E-state index contributed by atoms with van der Waals surface area (Å²) in [6.45, 7) is 1.87. The number of amidine groups is 1. The van der Waals surface area contributed by atoms with Crippen molar-refractivity contribution in [2.45, 2.75) is 37.6 Å². The van der Waals surface area contributed by atoms with Gasteiger partial charge in [0.25, 0.3) is 5.91 Å². The second kappa shape index (κ2) is 6.42. The molecule has 1 aliphatic heterocycles. The molecule has 136 valence electrons. The van der Waals surface area contributed by atoms with Gasteiger partial charge >= 0.3 is 0 Å². The Labute approximate surface area is 154 Å². The third-order valence-electron chi connectivity index (χ3n) is 4.90. The smallest absolute Gasteiger partial charge is 0.259 e. The first-order valence-corrected chi connectivity index (χ1v) is 9.57. The zero-order valence-corrected chi connectivity index (χ0v) is 15.2. The Bertz CT molecular complexity index is 891. The number of H-pyrrole nitrogens is 1. The maximum Gasteiger partial charge on any atom is 0.259 e. The number of carbonyl (C=O) groups excluding carboxylic acids is 1. The summed E-state index contributed by atoms with van der Waals surface area (Å²) < 4.78 is 14.5. The largest absolute Gasteiger partial charge is 0.379 e. The van der Waals surface area contributed by atoms with E-state index in [4.69, 9.17) is 5.73 Å². The molecule has 1 aromatic heterocycles. The predicted molar refractivity (Wildman–Crippen MR) is 101 cm³/mol. The van der Waals surface area contributed by atoms with Crippen LogP contribution in [-0.2, 0) is 5.54 Å². The van der Waals surface area contributed by atoms with Crippen molar-refractivity contribution >= 4 is 28.5 Å². The van der Waals surface area contributed by atoms with Gasteiger partial charge < -0.3 is 11.1 Å². The average molecular weight is 373 g/mol. The van der Waals surface area contributed by atoms with Crippen molar-refractivity contribution in [2.24, 2.45) is 10.7 Å². The number of aliphatic imine (C=N–C) groups is 1. The topological polar surface area (TPSA) is 96.2 Å². The normalized spacial score (nSPS) is 22.8. The van der Waals surface area contributed by atoms with Gasteiger partial charge in [-0.25, -0.2) is 4.39 Å². The van der Waals surface area contributed by atoms with Crippen molar-refractivity contribution in [3.8, 4) is 0 Å². The van der Waals surface area contributed by atoms with Crippen LogP contribution in [0.1, 0.15) is 53.7 Å². The monoisotopic (exact) mass is 373 g/mol. The lowest BCUT2D eigenvalue weighted by atomic mass is 9.89. The fourth-order valence-electron chi connectivity index (χ4n) is 3.26. The number of nitrogens with one attached hydrogen (secondary N) is 2. The zero-order chi connectivity index (χ0) is 18.3. The second-order valence-corrected chi connectivity index (χ2v) is 8.06. The van der Waals surface area contributed by atoms with Gasteiger partial charge in [-0.2, -0.15) is 5.10 Å². The van der Waals surface area contributed by atoms with Crippen LogP contribution >= 0.6 is 11.8 Å². The second-order valence-electron chi connectivity index (χ2n) is 6.94. The van der Waals surface area contributed by atoms with E-state index in [2.05, 4.69) is 20.5 Å². The molecule has 2 heterocycles. The lowest BCUT2D eigenvalue weighted by molar-refractivity contribution is 0.102. The van der Waals surface area contributed by atoms with Crippen LogP contribution in [0.15, 0.2) is 29.4 Å². The summed E-state index contributed by atoms with van der Waals surface area (Å²) in [5.41, 5.74) is 7.50. The Hall–Kier alpha value is -2.35. The Morgan fingerprint density at radius 2 is 2.27 bits per heavy atom. The summed E-state index contributed by atoms with van der Waals surface area (Å²) in [7, 11) is 0. The van der Waals surface area contributed by atoms with E-state index < -0.39 is 5.54 Å². The molecular weight excluding hydrogens is 353 g/mol. The first-order chi connectivity index (χ1) is 12.5. The Morgan fingerprint density at radius 1 is 1.46 bits per heavy atom. The number of nitrogens with two attached hydrogens (primary N) is 1. The average Bonchev–Trinajstić information content (AvgIpc) is 3.32. The van der Waals surface area contributed by atoms with Gasteiger partial charge in [-0.15, -0.1) is 0 Å². The van der Waals surface area contributed by atoms with Crippen molar-refractivity contribution in [3.63, 3.8) is 0 Å². The maximum atomic E-state index is 14.5. The third kappa shape index (κ3) is 3.21. The van der Waals surface area contributed by atoms with Gasteiger partial charge in [0.05, 0.1) is 23.0 Å². The molecule has 0 saturated heterocycles. The number of aromatic nitrogens is 2. The molecule has 1 saturated carbocycles. The molecule has 0 unspecified atom stereocenters. The van der Waals surface area contributed by atoms with Gasteiger partial charge in [-0.3, -0.25) is 14.9 Å². The number of aromatic amines is 1. The molecule has 1 aliphatic carbocycles. The van der Waals surface area contributed by atoms with Crippen molar-refractivity contribution in [1.29, 1.82) is 0 Å². The minimum absolute atomic E-state index is 0.245. The number of nitrogens with zero attached hydrogens (tertiary/aromatic N) is 2. The first-order valence-electron chi connectivity index (χ1n) is 8.59. The summed E-state index contributed by atoms with van der Waals surface area (Å²) in [6, 6.07) is 4.57. The summed E-state index contributed by atoms with van der Waals surface area (Å²) in [5.74, 6) is 0.571. The molecule has 4 N–H and O–H groups in total. The van der Waals surface area contributed by atoms with Crippen molar-refractivity contribution in [3.05, 3.63) is 47.0 Å². The maximum absolute atomic E-state index is 14.5. The lowest BCUT2D eigenvalue weighted by Gasteiger charge is -2.30. The van der Waals surface area contributed by atoms with E-state index in [-0.39, 0.29) is 11.7 Å². The fourth-order valence-corrected chi connectivity index (χ4v) is 4.23. The van der Waals surface area contributed by atoms with E-state index in [0.29, 0.717) is 34.3 Å². The van der Waals surface area contributed by atoms with Gasteiger partial charge in [0, 0.05) is 22.9 Å². The fraction of sp³-hybridized carbons (Fsp3) is 0.389. The van der Waals surface area contributed by atoms with Gasteiger partial charge in [0.2, 0.25) is 0 Å². The van der Waals surface area contributed by atoms with E-state index in [0.717, 1.165) is 24.3 Å². The highest BCUT2D eigenvalue weighted by Gasteiger charge is 2.33. The van der Waals surface area contributed by atoms with Crippen molar-refractivity contribution < 1.29 is 9.18 Å². The van der Waals surface area contributed by atoms with Crippen LogP contribution in [0.5, 0.6) is 0 Å². The molecule has 4 rings (SSSR count). The van der Waals surface area contributed by atoms with Crippen LogP contribution in [0.4, 0.5) is 10.1 Å². The molecule has 0 radical (unpaired) electrons. The number of carbonyl (C=O) groups is 1. The lowest BCUT2D eigenvalue weighted by Crippen LogP contribution is -2.29. The molecule has 1 fully saturated rings. The predicted octanol–water partition coefficient (Wildman–Crippen LogP) is 3.35. The standard InChI is InChI=1S/C18H20FN5OS/c1-18(6-7-26-17(20)23-18)13-8-11(4-5-14(13)19)22-16(25)12-9-21-24-15(12)10-2-3-10/h4-5,8-10H,2-3,6-7H2,1H3,(H2,20,23)(H,21,24)(H,22,25)/t18-/m0/s1. The van der Waals surface area contributed by atoms with E-state index in [1.54, 1.807) is 12.1 Å². The Balaban J connectivity index is 1.61. The van der Waals surface area contributed by atoms with Crippen LogP contribution in [0.3, 0.4) is 0 Å². The number of benzene rings is 1. The quantitative estimate of drug-likeness (QED) is 0.766. The van der Waals surface area contributed by atoms with Crippen LogP contribution in [0, 0.1) is 5.82 Å². The number of thioether (sulfide) groups is 1. The third-order valence-corrected chi connectivity index (χ3v) is 5.69. The van der Waals surface area contributed by atoms with E-state index in [1.807, 2.05) is 6.92 Å². The zero-order valence-electron chi connectivity index (χ0n) is 14.4. The van der Waals surface area contributed by atoms with Crippen LogP contribution in [0.25, 0.3) is 0 Å². The summed E-state index contributed by atoms with van der Waals surface area (Å²) >= 11 is 1.47. The molecule has 1 aromatic carbocycles. The Kier molecular flexibility index (Phi) is 4.22. The highest BCUT2D eigenvalue weighted by atomic mass is 32.2. The number of hydrogen-bond acceptors (Lipinski definition) is 5. The van der Waals surface area contributed by atoms with Gasteiger partial charge in [-0.05, 0) is 44.4 Å². The molecule has 0 spiro atoms. The molecule has 1 amide bonds. The van der Waals surface area contributed by atoms with Gasteiger partial charge in [0.1, 0.15) is 5.82 Å². The SMILES string of the molecule is C[C@@]1(c2cc(NC(=O)c3cn[nH]c3C3CC3)ccc2F)CCSC(N)=N1. The van der Waals surface area contributed by atoms with Crippen LogP contribution in [0.2, 0.25) is 0 Å².